The van der Waals surface area contributed by atoms with Crippen molar-refractivity contribution in [3.63, 3.8) is 0 Å². The number of benzene rings is 1. The number of hydrogen-bond donors (Lipinski definition) is 1. The lowest BCUT2D eigenvalue weighted by Crippen LogP contribution is -2.25. The number of carbonyl (C=O) groups is 1. The predicted octanol–water partition coefficient (Wildman–Crippen LogP) is 3.12. The van der Waals surface area contributed by atoms with Crippen LogP contribution in [0.3, 0.4) is 0 Å². The maximum absolute atomic E-state index is 13.2. The summed E-state index contributed by atoms with van der Waals surface area (Å²) in [5.74, 6) is -1.20. The second-order valence-electron chi connectivity index (χ2n) is 2.80. The zero-order valence-corrected chi connectivity index (χ0v) is 10.0. The Kier molecular flexibility index (Phi) is 4.29. The highest BCUT2D eigenvalue weighted by atomic mass is 79.9. The zero-order valence-electron chi connectivity index (χ0n) is 7.69. The second kappa shape index (κ2) is 5.28. The summed E-state index contributed by atoms with van der Waals surface area (Å²) in [6.07, 6.45) is 0. The first-order valence-corrected chi connectivity index (χ1v) is 5.25. The molecular weight excluding hydrogens is 284 g/mol. The van der Waals surface area contributed by atoms with Crippen molar-refractivity contribution in [2.75, 3.05) is 6.54 Å². The van der Waals surface area contributed by atoms with E-state index in [0.717, 1.165) is 0 Å². The van der Waals surface area contributed by atoms with Gasteiger partial charge in [-0.3, -0.25) is 4.79 Å². The van der Waals surface area contributed by atoms with Crippen molar-refractivity contribution in [2.24, 2.45) is 0 Å². The van der Waals surface area contributed by atoms with E-state index in [4.69, 9.17) is 11.6 Å². The Morgan fingerprint density at radius 2 is 2.27 bits per heavy atom. The van der Waals surface area contributed by atoms with Gasteiger partial charge in [0.2, 0.25) is 0 Å². The molecule has 15 heavy (non-hydrogen) atoms. The Labute approximate surface area is 100 Å². The fourth-order valence-corrected chi connectivity index (χ4v) is 1.37. The van der Waals surface area contributed by atoms with Crippen LogP contribution in [0.15, 0.2) is 29.3 Å². The van der Waals surface area contributed by atoms with Crippen molar-refractivity contribution in [1.82, 2.24) is 5.32 Å². The summed E-state index contributed by atoms with van der Waals surface area (Å²) in [5.41, 5.74) is -0.145. The normalized spacial score (nSPS) is 9.80. The fourth-order valence-electron chi connectivity index (χ4n) is 0.979. The van der Waals surface area contributed by atoms with Crippen molar-refractivity contribution < 1.29 is 9.18 Å². The van der Waals surface area contributed by atoms with Gasteiger partial charge in [-0.2, -0.15) is 0 Å². The number of carbonyl (C=O) groups excluding carboxylic acids is 1. The Balaban J connectivity index is 2.86. The van der Waals surface area contributed by atoms with Gasteiger partial charge in [0.05, 0.1) is 10.6 Å². The van der Waals surface area contributed by atoms with Crippen LogP contribution in [-0.2, 0) is 0 Å². The lowest BCUT2D eigenvalue weighted by atomic mass is 10.2. The Morgan fingerprint density at radius 1 is 1.60 bits per heavy atom. The smallest absolute Gasteiger partial charge is 0.256 e. The van der Waals surface area contributed by atoms with Crippen LogP contribution in [-0.4, -0.2) is 12.5 Å². The quantitative estimate of drug-likeness (QED) is 0.911. The Morgan fingerprint density at radius 3 is 2.80 bits per heavy atom. The van der Waals surface area contributed by atoms with E-state index in [-0.39, 0.29) is 17.1 Å². The molecule has 2 nitrogen and oxygen atoms in total. The van der Waals surface area contributed by atoms with Gasteiger partial charge in [0.1, 0.15) is 5.82 Å². The minimum Gasteiger partial charge on any atom is -0.347 e. The number of nitrogens with one attached hydrogen (secondary N) is 1. The minimum atomic E-state index is -0.639. The van der Waals surface area contributed by atoms with E-state index >= 15 is 0 Å². The highest BCUT2D eigenvalue weighted by molar-refractivity contribution is 9.11. The molecule has 1 N–H and O–H groups in total. The van der Waals surface area contributed by atoms with E-state index in [2.05, 4.69) is 27.8 Å². The molecular formula is C10H8BrClFNO. The minimum absolute atomic E-state index is 0.0904. The second-order valence-corrected chi connectivity index (χ2v) is 4.33. The van der Waals surface area contributed by atoms with Crippen molar-refractivity contribution >= 4 is 33.4 Å². The summed E-state index contributed by atoms with van der Waals surface area (Å²) in [4.78, 5) is 11.5. The van der Waals surface area contributed by atoms with Crippen LogP contribution >= 0.6 is 27.5 Å². The molecule has 1 aromatic rings. The van der Waals surface area contributed by atoms with E-state index < -0.39 is 11.7 Å². The SMILES string of the molecule is C=C(Br)CNC(=O)c1c(F)cccc1Cl. The van der Waals surface area contributed by atoms with Crippen LogP contribution in [0.2, 0.25) is 5.02 Å². The summed E-state index contributed by atoms with van der Waals surface area (Å²) >= 11 is 8.78. The molecule has 0 aromatic heterocycles. The maximum Gasteiger partial charge on any atom is 0.256 e. The highest BCUT2D eigenvalue weighted by Gasteiger charge is 2.14. The molecule has 0 heterocycles. The lowest BCUT2D eigenvalue weighted by Gasteiger charge is -2.06. The molecule has 1 amide bonds. The topological polar surface area (TPSA) is 29.1 Å². The molecule has 80 valence electrons. The fraction of sp³-hybridized carbons (Fsp3) is 0.100. The molecule has 0 fully saturated rings. The van der Waals surface area contributed by atoms with Gasteiger partial charge in [-0.05, 0) is 12.1 Å². The number of amides is 1. The van der Waals surface area contributed by atoms with E-state index in [0.29, 0.717) is 4.48 Å². The molecule has 0 unspecified atom stereocenters. The maximum atomic E-state index is 13.2. The summed E-state index contributed by atoms with van der Waals surface area (Å²) in [7, 11) is 0. The van der Waals surface area contributed by atoms with Gasteiger partial charge in [0.15, 0.2) is 0 Å². The van der Waals surface area contributed by atoms with Crippen LogP contribution in [0.5, 0.6) is 0 Å². The van der Waals surface area contributed by atoms with Crippen LogP contribution in [0, 0.1) is 5.82 Å². The van der Waals surface area contributed by atoms with Crippen molar-refractivity contribution in [3.8, 4) is 0 Å². The molecule has 0 aliphatic rings. The molecule has 0 radical (unpaired) electrons. The average molecular weight is 293 g/mol. The van der Waals surface area contributed by atoms with Gasteiger partial charge >= 0.3 is 0 Å². The van der Waals surface area contributed by atoms with Gasteiger partial charge in [-0.1, -0.05) is 40.2 Å². The average Bonchev–Trinajstić information content (AvgIpc) is 2.14. The van der Waals surface area contributed by atoms with Crippen molar-refractivity contribution in [2.45, 2.75) is 0 Å². The number of rotatable bonds is 3. The van der Waals surface area contributed by atoms with Gasteiger partial charge < -0.3 is 5.32 Å². The standard InChI is InChI=1S/C10H8BrClFNO/c1-6(11)5-14-10(15)9-7(12)3-2-4-8(9)13/h2-4H,1,5H2,(H,14,15). The van der Waals surface area contributed by atoms with Crippen molar-refractivity contribution in [1.29, 1.82) is 0 Å². The Bertz CT molecular complexity index is 388. The van der Waals surface area contributed by atoms with Gasteiger partial charge in [0.25, 0.3) is 5.91 Å². The summed E-state index contributed by atoms with van der Waals surface area (Å²) in [5, 5.41) is 2.56. The van der Waals surface area contributed by atoms with Gasteiger partial charge in [-0.25, -0.2) is 4.39 Å². The molecule has 0 saturated heterocycles. The molecule has 5 heteroatoms. The molecule has 0 aliphatic heterocycles. The van der Waals surface area contributed by atoms with Crippen LogP contribution in [0.1, 0.15) is 10.4 Å². The van der Waals surface area contributed by atoms with Gasteiger partial charge in [-0.15, -0.1) is 0 Å². The van der Waals surface area contributed by atoms with Crippen LogP contribution in [0.4, 0.5) is 4.39 Å². The summed E-state index contributed by atoms with van der Waals surface area (Å²) in [6.45, 7) is 3.77. The van der Waals surface area contributed by atoms with E-state index in [9.17, 15) is 9.18 Å². The molecule has 0 atom stereocenters. The van der Waals surface area contributed by atoms with E-state index in [1.54, 1.807) is 0 Å². The molecule has 0 saturated carbocycles. The lowest BCUT2D eigenvalue weighted by molar-refractivity contribution is 0.0954. The third kappa shape index (κ3) is 3.32. The third-order valence-corrected chi connectivity index (χ3v) is 2.23. The Hall–Kier alpha value is -0.870. The van der Waals surface area contributed by atoms with E-state index in [1.807, 2.05) is 0 Å². The van der Waals surface area contributed by atoms with Crippen molar-refractivity contribution in [3.05, 3.63) is 45.7 Å². The summed E-state index contributed by atoms with van der Waals surface area (Å²) < 4.78 is 13.8. The molecule has 0 spiro atoms. The highest BCUT2D eigenvalue weighted by Crippen LogP contribution is 2.18. The number of halogens is 3. The largest absolute Gasteiger partial charge is 0.347 e. The molecule has 1 aromatic carbocycles. The molecule has 0 bridgehead atoms. The number of hydrogen-bond acceptors (Lipinski definition) is 1. The van der Waals surface area contributed by atoms with Crippen LogP contribution in [0.25, 0.3) is 0 Å². The monoisotopic (exact) mass is 291 g/mol. The molecule has 0 aliphatic carbocycles. The van der Waals surface area contributed by atoms with E-state index in [1.165, 1.54) is 18.2 Å². The summed E-state index contributed by atoms with van der Waals surface area (Å²) in [6, 6.07) is 4.09. The van der Waals surface area contributed by atoms with Crippen LogP contribution < -0.4 is 5.32 Å². The first-order valence-electron chi connectivity index (χ1n) is 4.08. The van der Waals surface area contributed by atoms with Gasteiger partial charge in [0, 0.05) is 11.0 Å². The third-order valence-electron chi connectivity index (χ3n) is 1.63. The first-order chi connectivity index (χ1) is 7.02. The predicted molar refractivity (Wildman–Crippen MR) is 61.8 cm³/mol. The first kappa shape index (κ1) is 12.2. The zero-order chi connectivity index (χ0) is 11.4. The molecule has 1 rings (SSSR count).